The van der Waals surface area contributed by atoms with Gasteiger partial charge < -0.3 is 10.6 Å². The van der Waals surface area contributed by atoms with Crippen LogP contribution in [0, 0.1) is 11.6 Å². The van der Waals surface area contributed by atoms with Crippen molar-refractivity contribution in [3.63, 3.8) is 0 Å². The van der Waals surface area contributed by atoms with E-state index in [2.05, 4.69) is 20.9 Å². The number of benzene rings is 1. The summed E-state index contributed by atoms with van der Waals surface area (Å²) in [6.45, 7) is 1.79. The number of rotatable bonds is 3. The molecule has 116 valence electrons. The Kier molecular flexibility index (Phi) is 4.10. The lowest BCUT2D eigenvalue weighted by molar-refractivity contribution is 0.102. The number of nitrogens with one attached hydrogen (secondary N) is 2. The Morgan fingerprint density at radius 2 is 2.09 bits per heavy atom. The van der Waals surface area contributed by atoms with Gasteiger partial charge in [-0.1, -0.05) is 5.21 Å². The molecular formula is C14H15F2N5O. The van der Waals surface area contributed by atoms with Crippen molar-refractivity contribution in [1.29, 1.82) is 0 Å². The number of hydrogen-bond donors (Lipinski definition) is 2. The van der Waals surface area contributed by atoms with Crippen LogP contribution in [0.2, 0.25) is 0 Å². The Labute approximate surface area is 125 Å². The van der Waals surface area contributed by atoms with Crippen LogP contribution in [0.1, 0.15) is 29.4 Å². The van der Waals surface area contributed by atoms with E-state index in [1.54, 1.807) is 10.9 Å². The molecular weight excluding hydrogens is 292 g/mol. The first-order valence-corrected chi connectivity index (χ1v) is 7.02. The number of carbonyl (C=O) groups is 1. The van der Waals surface area contributed by atoms with E-state index in [0.29, 0.717) is 6.07 Å². The van der Waals surface area contributed by atoms with Gasteiger partial charge in [-0.3, -0.25) is 4.79 Å². The van der Waals surface area contributed by atoms with Crippen LogP contribution in [0.15, 0.2) is 24.4 Å². The number of halogens is 2. The van der Waals surface area contributed by atoms with Gasteiger partial charge in [-0.05, 0) is 38.1 Å². The maximum atomic E-state index is 13.5. The molecule has 0 bridgehead atoms. The molecule has 0 spiro atoms. The van der Waals surface area contributed by atoms with E-state index >= 15 is 0 Å². The molecule has 2 N–H and O–H groups in total. The number of amides is 1. The minimum atomic E-state index is -0.834. The van der Waals surface area contributed by atoms with Crippen LogP contribution < -0.4 is 10.6 Å². The summed E-state index contributed by atoms with van der Waals surface area (Å²) in [6, 6.07) is 3.16. The zero-order chi connectivity index (χ0) is 15.5. The highest BCUT2D eigenvalue weighted by atomic mass is 19.1. The molecule has 2 aromatic rings. The molecule has 6 nitrogen and oxygen atoms in total. The third-order valence-electron chi connectivity index (χ3n) is 3.61. The van der Waals surface area contributed by atoms with Gasteiger partial charge in [0.15, 0.2) is 5.69 Å². The van der Waals surface area contributed by atoms with Crippen LogP contribution in [0.5, 0.6) is 0 Å². The van der Waals surface area contributed by atoms with Crippen molar-refractivity contribution in [2.45, 2.75) is 18.9 Å². The smallest absolute Gasteiger partial charge is 0.277 e. The lowest BCUT2D eigenvalue weighted by Gasteiger charge is -2.22. The summed E-state index contributed by atoms with van der Waals surface area (Å²) < 4.78 is 28.0. The second-order valence-corrected chi connectivity index (χ2v) is 5.14. The molecule has 8 heteroatoms. The summed E-state index contributed by atoms with van der Waals surface area (Å²) in [5.41, 5.74) is 0.00470. The van der Waals surface area contributed by atoms with Crippen molar-refractivity contribution in [3.05, 3.63) is 41.7 Å². The second kappa shape index (κ2) is 6.18. The normalized spacial score (nSPS) is 15.7. The van der Waals surface area contributed by atoms with Crippen LogP contribution in [0.4, 0.5) is 14.5 Å². The minimum absolute atomic E-state index is 0.0946. The van der Waals surface area contributed by atoms with E-state index in [9.17, 15) is 13.6 Å². The first kappa shape index (κ1) is 14.6. The van der Waals surface area contributed by atoms with Crippen LogP contribution >= 0.6 is 0 Å². The highest BCUT2D eigenvalue weighted by Crippen LogP contribution is 2.18. The number of piperidine rings is 1. The van der Waals surface area contributed by atoms with E-state index in [-0.39, 0.29) is 17.4 Å². The first-order valence-electron chi connectivity index (χ1n) is 7.02. The molecule has 0 radical (unpaired) electrons. The summed E-state index contributed by atoms with van der Waals surface area (Å²) in [7, 11) is 0. The quantitative estimate of drug-likeness (QED) is 0.906. The van der Waals surface area contributed by atoms with Crippen molar-refractivity contribution in [1.82, 2.24) is 20.3 Å². The summed E-state index contributed by atoms with van der Waals surface area (Å²) in [4.78, 5) is 12.0. The average molecular weight is 307 g/mol. The molecule has 1 aliphatic rings. The molecule has 22 heavy (non-hydrogen) atoms. The highest BCUT2D eigenvalue weighted by molar-refractivity contribution is 6.02. The van der Waals surface area contributed by atoms with Gasteiger partial charge in [0, 0.05) is 6.07 Å². The molecule has 0 saturated carbocycles. The van der Waals surface area contributed by atoms with E-state index < -0.39 is 17.5 Å². The van der Waals surface area contributed by atoms with Crippen LogP contribution in [0.3, 0.4) is 0 Å². The molecule has 1 aromatic carbocycles. The van der Waals surface area contributed by atoms with Gasteiger partial charge in [-0.25, -0.2) is 13.5 Å². The third-order valence-corrected chi connectivity index (χ3v) is 3.61. The monoisotopic (exact) mass is 307 g/mol. The lowest BCUT2D eigenvalue weighted by atomic mass is 10.1. The Morgan fingerprint density at radius 3 is 2.82 bits per heavy atom. The third kappa shape index (κ3) is 3.11. The van der Waals surface area contributed by atoms with Crippen molar-refractivity contribution in [2.24, 2.45) is 0 Å². The number of hydrogen-bond acceptors (Lipinski definition) is 4. The van der Waals surface area contributed by atoms with Gasteiger partial charge in [0.05, 0.1) is 17.9 Å². The first-order chi connectivity index (χ1) is 10.6. The van der Waals surface area contributed by atoms with Crippen LogP contribution in [0.25, 0.3) is 0 Å². The topological polar surface area (TPSA) is 71.8 Å². The maximum Gasteiger partial charge on any atom is 0.277 e. The van der Waals surface area contributed by atoms with Crippen LogP contribution in [-0.4, -0.2) is 34.0 Å². The fraction of sp³-hybridized carbons (Fsp3) is 0.357. The highest BCUT2D eigenvalue weighted by Gasteiger charge is 2.19. The zero-order valence-electron chi connectivity index (χ0n) is 11.7. The number of anilines is 1. The molecule has 1 aromatic heterocycles. The van der Waals surface area contributed by atoms with E-state index in [1.165, 1.54) is 6.07 Å². The number of nitrogens with zero attached hydrogens (tertiary/aromatic N) is 3. The maximum absolute atomic E-state index is 13.5. The lowest BCUT2D eigenvalue weighted by Crippen LogP contribution is -2.29. The molecule has 1 amide bonds. The van der Waals surface area contributed by atoms with Crippen molar-refractivity contribution in [2.75, 3.05) is 18.4 Å². The Hall–Kier alpha value is -2.35. The predicted octanol–water partition coefficient (Wildman–Crippen LogP) is 1.73. The van der Waals surface area contributed by atoms with Gasteiger partial charge in [0.2, 0.25) is 0 Å². The Balaban J connectivity index is 1.71. The fourth-order valence-corrected chi connectivity index (χ4v) is 2.41. The molecule has 0 atom stereocenters. The largest absolute Gasteiger partial charge is 0.318 e. The van der Waals surface area contributed by atoms with Crippen molar-refractivity contribution in [3.8, 4) is 0 Å². The molecule has 1 saturated heterocycles. The number of carbonyl (C=O) groups excluding carboxylic acids is 1. The van der Waals surface area contributed by atoms with E-state index in [4.69, 9.17) is 0 Å². The molecule has 2 heterocycles. The van der Waals surface area contributed by atoms with Gasteiger partial charge in [0.1, 0.15) is 11.6 Å². The molecule has 3 rings (SSSR count). The van der Waals surface area contributed by atoms with Crippen LogP contribution in [-0.2, 0) is 0 Å². The average Bonchev–Trinajstić information content (AvgIpc) is 3.01. The SMILES string of the molecule is O=C(Nc1ccc(F)cc1F)c1cn(C2CCNCC2)nn1. The number of aromatic nitrogens is 3. The molecule has 0 unspecified atom stereocenters. The Bertz CT molecular complexity index is 682. The summed E-state index contributed by atoms with van der Waals surface area (Å²) >= 11 is 0. The molecule has 0 aliphatic carbocycles. The van der Waals surface area contributed by atoms with Gasteiger partial charge in [-0.2, -0.15) is 0 Å². The van der Waals surface area contributed by atoms with Crippen molar-refractivity contribution >= 4 is 11.6 Å². The zero-order valence-corrected chi connectivity index (χ0v) is 11.7. The van der Waals surface area contributed by atoms with Gasteiger partial charge in [0.25, 0.3) is 5.91 Å². The second-order valence-electron chi connectivity index (χ2n) is 5.14. The minimum Gasteiger partial charge on any atom is -0.318 e. The summed E-state index contributed by atoms with van der Waals surface area (Å²) in [5.74, 6) is -2.11. The predicted molar refractivity (Wildman–Crippen MR) is 75.5 cm³/mol. The molecule has 1 aliphatic heterocycles. The summed E-state index contributed by atoms with van der Waals surface area (Å²) in [5, 5.41) is 13.4. The molecule has 1 fully saturated rings. The Morgan fingerprint density at radius 1 is 1.32 bits per heavy atom. The van der Waals surface area contributed by atoms with Gasteiger partial charge >= 0.3 is 0 Å². The van der Waals surface area contributed by atoms with E-state index in [1.807, 2.05) is 0 Å². The van der Waals surface area contributed by atoms with E-state index in [0.717, 1.165) is 32.0 Å². The van der Waals surface area contributed by atoms with Gasteiger partial charge in [-0.15, -0.1) is 5.10 Å². The fourth-order valence-electron chi connectivity index (χ4n) is 2.41. The van der Waals surface area contributed by atoms with Crippen molar-refractivity contribution < 1.29 is 13.6 Å². The summed E-state index contributed by atoms with van der Waals surface area (Å²) in [6.07, 6.45) is 3.38. The standard InChI is InChI=1S/C14H15F2N5O/c15-9-1-2-12(11(16)7-9)18-14(22)13-8-21(20-19-13)10-3-5-17-6-4-10/h1-2,7-8,10,17H,3-6H2,(H,18,22).